The zero-order valence-electron chi connectivity index (χ0n) is 19.4. The van der Waals surface area contributed by atoms with Crippen LogP contribution in [-0.4, -0.2) is 17.6 Å². The Labute approximate surface area is 208 Å². The van der Waals surface area contributed by atoms with Gasteiger partial charge in [0.25, 0.3) is 0 Å². The standard InChI is InChI=1S/C26H30ClF3N2O3/c1-17(20-8-9-21(24(27)14-20)15-31-12-11-25(33)34)32-35-16-18-7-10-22(19-5-3-2-4-6-19)23(13-18)26(28,29)30/h7-10,13-14,19,31-32H,1-6,11-12,15-16H2,(H,33,34). The maximum absolute atomic E-state index is 13.7. The van der Waals surface area contributed by atoms with Crippen LogP contribution in [0.3, 0.4) is 0 Å². The van der Waals surface area contributed by atoms with Gasteiger partial charge in [0.2, 0.25) is 0 Å². The molecule has 0 atom stereocenters. The lowest BCUT2D eigenvalue weighted by Gasteiger charge is -2.25. The van der Waals surface area contributed by atoms with Crippen molar-refractivity contribution < 1.29 is 27.9 Å². The molecule has 0 saturated heterocycles. The SMILES string of the molecule is C=C(NOCc1ccc(C2CCCCC2)c(C(F)(F)F)c1)c1ccc(CNCCC(=O)O)c(Cl)c1. The van der Waals surface area contributed by atoms with Crippen molar-refractivity contribution in [2.75, 3.05) is 6.54 Å². The molecule has 1 saturated carbocycles. The van der Waals surface area contributed by atoms with E-state index in [9.17, 15) is 18.0 Å². The first-order valence-corrected chi connectivity index (χ1v) is 12.0. The number of hydroxylamine groups is 1. The molecule has 0 radical (unpaired) electrons. The van der Waals surface area contributed by atoms with Crippen LogP contribution in [0.1, 0.15) is 72.3 Å². The third-order valence-corrected chi connectivity index (χ3v) is 6.49. The summed E-state index contributed by atoms with van der Waals surface area (Å²) in [6.07, 6.45) is 0.190. The summed E-state index contributed by atoms with van der Waals surface area (Å²) in [4.78, 5) is 16.0. The molecule has 0 spiro atoms. The molecule has 35 heavy (non-hydrogen) atoms. The molecule has 0 bridgehead atoms. The van der Waals surface area contributed by atoms with Gasteiger partial charge in [-0.3, -0.25) is 15.1 Å². The zero-order valence-corrected chi connectivity index (χ0v) is 20.1. The fraction of sp³-hybridized carbons (Fsp3) is 0.423. The first-order valence-electron chi connectivity index (χ1n) is 11.6. The molecule has 2 aromatic rings. The Kier molecular flexibility index (Phi) is 9.60. The third kappa shape index (κ3) is 7.98. The fourth-order valence-corrected chi connectivity index (χ4v) is 4.52. The molecule has 0 heterocycles. The van der Waals surface area contributed by atoms with Crippen molar-refractivity contribution in [2.45, 2.75) is 63.8 Å². The van der Waals surface area contributed by atoms with Gasteiger partial charge in [0.1, 0.15) is 0 Å². The summed E-state index contributed by atoms with van der Waals surface area (Å²) in [6, 6.07) is 9.71. The number of hydrogen-bond acceptors (Lipinski definition) is 4. The Morgan fingerprint density at radius 1 is 1.14 bits per heavy atom. The molecule has 5 nitrogen and oxygen atoms in total. The lowest BCUT2D eigenvalue weighted by Crippen LogP contribution is -2.18. The molecule has 0 amide bonds. The largest absolute Gasteiger partial charge is 0.481 e. The van der Waals surface area contributed by atoms with E-state index in [1.54, 1.807) is 30.3 Å². The normalized spacial score (nSPS) is 14.6. The second kappa shape index (κ2) is 12.4. The quantitative estimate of drug-likeness (QED) is 0.233. The van der Waals surface area contributed by atoms with Crippen LogP contribution in [0.2, 0.25) is 5.02 Å². The second-order valence-electron chi connectivity index (χ2n) is 8.75. The van der Waals surface area contributed by atoms with E-state index in [-0.39, 0.29) is 18.9 Å². The predicted molar refractivity (Wildman–Crippen MR) is 130 cm³/mol. The number of hydrogen-bond donors (Lipinski definition) is 3. The minimum atomic E-state index is -4.42. The van der Waals surface area contributed by atoms with Gasteiger partial charge in [-0.1, -0.05) is 61.7 Å². The number of benzene rings is 2. The first kappa shape index (κ1) is 27.0. The van der Waals surface area contributed by atoms with Gasteiger partial charge in [0, 0.05) is 23.7 Å². The Morgan fingerprint density at radius 2 is 1.89 bits per heavy atom. The number of carbonyl (C=O) groups is 1. The molecule has 0 aromatic heterocycles. The van der Waals surface area contributed by atoms with Crippen molar-refractivity contribution in [2.24, 2.45) is 0 Å². The van der Waals surface area contributed by atoms with Crippen molar-refractivity contribution in [3.8, 4) is 0 Å². The highest BCUT2D eigenvalue weighted by Gasteiger charge is 2.35. The molecule has 9 heteroatoms. The minimum Gasteiger partial charge on any atom is -0.481 e. The summed E-state index contributed by atoms with van der Waals surface area (Å²) < 4.78 is 41.2. The molecule has 2 aromatic carbocycles. The zero-order chi connectivity index (χ0) is 25.4. The van der Waals surface area contributed by atoms with Crippen LogP contribution in [0, 0.1) is 0 Å². The van der Waals surface area contributed by atoms with Gasteiger partial charge in [-0.25, -0.2) is 0 Å². The van der Waals surface area contributed by atoms with Gasteiger partial charge >= 0.3 is 12.1 Å². The highest BCUT2D eigenvalue weighted by Crippen LogP contribution is 2.41. The van der Waals surface area contributed by atoms with E-state index in [0.717, 1.165) is 37.7 Å². The molecule has 1 fully saturated rings. The van der Waals surface area contributed by atoms with Crippen molar-refractivity contribution in [1.82, 2.24) is 10.8 Å². The number of nitrogens with one attached hydrogen (secondary N) is 2. The maximum Gasteiger partial charge on any atom is 0.416 e. The average Bonchev–Trinajstić information content (AvgIpc) is 2.82. The van der Waals surface area contributed by atoms with Gasteiger partial charge in [0.15, 0.2) is 0 Å². The molecule has 3 N–H and O–H groups in total. The molecule has 1 aliphatic carbocycles. The number of aliphatic carboxylic acids is 1. The van der Waals surface area contributed by atoms with Crippen LogP contribution < -0.4 is 10.8 Å². The Bertz CT molecular complexity index is 1040. The molecule has 1 aliphatic rings. The van der Waals surface area contributed by atoms with E-state index in [1.807, 2.05) is 0 Å². The lowest BCUT2D eigenvalue weighted by molar-refractivity contribution is -0.139. The first-order chi connectivity index (χ1) is 16.6. The molecule has 0 unspecified atom stereocenters. The number of carboxylic acids is 1. The summed E-state index contributed by atoms with van der Waals surface area (Å²) in [6.45, 7) is 4.58. The van der Waals surface area contributed by atoms with Crippen molar-refractivity contribution in [1.29, 1.82) is 0 Å². The average molecular weight is 511 g/mol. The highest BCUT2D eigenvalue weighted by molar-refractivity contribution is 6.31. The van der Waals surface area contributed by atoms with Crippen LogP contribution in [0.5, 0.6) is 0 Å². The maximum atomic E-state index is 13.7. The van der Waals surface area contributed by atoms with E-state index in [2.05, 4.69) is 17.4 Å². The van der Waals surface area contributed by atoms with Crippen molar-refractivity contribution in [3.63, 3.8) is 0 Å². The van der Waals surface area contributed by atoms with E-state index in [1.165, 1.54) is 6.07 Å². The molecule has 0 aliphatic heterocycles. The van der Waals surface area contributed by atoms with E-state index in [0.29, 0.717) is 40.5 Å². The number of alkyl halides is 3. The van der Waals surface area contributed by atoms with E-state index < -0.39 is 17.7 Å². The molecule has 3 rings (SSSR count). The topological polar surface area (TPSA) is 70.6 Å². The molecular weight excluding hydrogens is 481 g/mol. The fourth-order valence-electron chi connectivity index (χ4n) is 4.27. The second-order valence-corrected chi connectivity index (χ2v) is 9.16. The van der Waals surface area contributed by atoms with E-state index >= 15 is 0 Å². The van der Waals surface area contributed by atoms with Crippen LogP contribution in [0.4, 0.5) is 13.2 Å². The highest BCUT2D eigenvalue weighted by atomic mass is 35.5. The number of halogens is 4. The minimum absolute atomic E-state index is 0.0154. The van der Waals surface area contributed by atoms with Crippen molar-refractivity contribution in [3.05, 3.63) is 75.8 Å². The monoisotopic (exact) mass is 510 g/mol. The number of rotatable bonds is 11. The van der Waals surface area contributed by atoms with Gasteiger partial charge in [-0.05, 0) is 47.6 Å². The predicted octanol–water partition coefficient (Wildman–Crippen LogP) is 6.66. The van der Waals surface area contributed by atoms with Gasteiger partial charge in [-0.15, -0.1) is 0 Å². The third-order valence-electron chi connectivity index (χ3n) is 6.13. The molecule has 190 valence electrons. The van der Waals surface area contributed by atoms with Crippen LogP contribution in [-0.2, 0) is 29.0 Å². The lowest BCUT2D eigenvalue weighted by atomic mass is 9.81. The Morgan fingerprint density at radius 3 is 2.54 bits per heavy atom. The van der Waals surface area contributed by atoms with Crippen molar-refractivity contribution >= 4 is 23.3 Å². The smallest absolute Gasteiger partial charge is 0.416 e. The van der Waals surface area contributed by atoms with Crippen LogP contribution in [0.25, 0.3) is 5.70 Å². The molecular formula is C26H30ClF3N2O3. The summed E-state index contributed by atoms with van der Waals surface area (Å²) in [5.74, 6) is -0.926. The van der Waals surface area contributed by atoms with E-state index in [4.69, 9.17) is 21.5 Å². The summed E-state index contributed by atoms with van der Waals surface area (Å²) in [5, 5.41) is 12.2. The number of carboxylic acid groups (broad SMARTS) is 1. The summed E-state index contributed by atoms with van der Waals surface area (Å²) in [7, 11) is 0. The van der Waals surface area contributed by atoms with Gasteiger partial charge < -0.3 is 10.4 Å². The Balaban J connectivity index is 1.57. The van der Waals surface area contributed by atoms with Gasteiger partial charge in [-0.2, -0.15) is 13.2 Å². The Hall–Kier alpha value is -2.55. The van der Waals surface area contributed by atoms with Gasteiger partial charge in [0.05, 0.1) is 24.3 Å². The van der Waals surface area contributed by atoms with Crippen LogP contribution in [0.15, 0.2) is 43.0 Å². The summed E-state index contributed by atoms with van der Waals surface area (Å²) >= 11 is 6.31. The summed E-state index contributed by atoms with van der Waals surface area (Å²) in [5.41, 5.74) is 4.76. The van der Waals surface area contributed by atoms with Crippen LogP contribution >= 0.6 is 11.6 Å².